The predicted molar refractivity (Wildman–Crippen MR) is 65.3 cm³/mol. The van der Waals surface area contributed by atoms with Gasteiger partial charge in [-0.1, -0.05) is 0 Å². The highest BCUT2D eigenvalue weighted by atomic mass is 16.5. The van der Waals surface area contributed by atoms with Crippen LogP contribution in [-0.2, 0) is 6.54 Å². The Labute approximate surface area is 100.0 Å². The fraction of sp³-hybridized carbons (Fsp3) is 0.308. The van der Waals surface area contributed by atoms with Crippen molar-refractivity contribution in [2.24, 2.45) is 0 Å². The maximum atomic E-state index is 8.63. The quantitative estimate of drug-likeness (QED) is 0.811. The van der Waals surface area contributed by atoms with E-state index in [-0.39, 0.29) is 0 Å². The molecule has 17 heavy (non-hydrogen) atoms. The third-order valence-corrected chi connectivity index (χ3v) is 2.72. The van der Waals surface area contributed by atoms with Gasteiger partial charge in [0.25, 0.3) is 0 Å². The largest absolute Gasteiger partial charge is 0.497 e. The number of aryl methyl sites for hydroxylation is 1. The number of rotatable bonds is 4. The second kappa shape index (κ2) is 4.79. The molecular weight excluding hydrogens is 216 g/mol. The Morgan fingerprint density at radius 2 is 2.12 bits per heavy atom. The molecule has 0 N–H and O–H groups in total. The van der Waals surface area contributed by atoms with Crippen molar-refractivity contribution in [2.75, 3.05) is 14.2 Å². The van der Waals surface area contributed by atoms with Crippen LogP contribution in [0.2, 0.25) is 0 Å². The summed E-state index contributed by atoms with van der Waals surface area (Å²) in [6.45, 7) is 0.669. The van der Waals surface area contributed by atoms with E-state index in [9.17, 15) is 0 Å². The Hall–Kier alpha value is -2.15. The Bertz CT molecular complexity index is 567. The molecule has 0 fully saturated rings. The molecule has 0 aliphatic heterocycles. The molecule has 0 saturated carbocycles. The van der Waals surface area contributed by atoms with E-state index in [2.05, 4.69) is 6.07 Å². The van der Waals surface area contributed by atoms with E-state index >= 15 is 0 Å². The molecule has 0 unspecified atom stereocenters. The third-order valence-electron chi connectivity index (χ3n) is 2.72. The van der Waals surface area contributed by atoms with Gasteiger partial charge in [0.2, 0.25) is 0 Å². The van der Waals surface area contributed by atoms with Gasteiger partial charge in [0.1, 0.15) is 11.5 Å². The minimum atomic E-state index is 0.485. The van der Waals surface area contributed by atoms with Gasteiger partial charge in [0, 0.05) is 24.2 Å². The molecule has 0 spiro atoms. The summed E-state index contributed by atoms with van der Waals surface area (Å²) in [6.07, 6.45) is 2.45. The minimum absolute atomic E-state index is 0.485. The monoisotopic (exact) mass is 230 g/mol. The Balaban J connectivity index is 2.55. The van der Waals surface area contributed by atoms with Gasteiger partial charge in [-0.25, -0.2) is 0 Å². The molecule has 0 amide bonds. The highest BCUT2D eigenvalue weighted by Gasteiger charge is 2.09. The molecule has 0 atom stereocenters. The van der Waals surface area contributed by atoms with Crippen LogP contribution < -0.4 is 9.47 Å². The maximum Gasteiger partial charge on any atom is 0.146 e. The van der Waals surface area contributed by atoms with Gasteiger partial charge in [-0.3, -0.25) is 0 Å². The second-order valence-corrected chi connectivity index (χ2v) is 3.68. The van der Waals surface area contributed by atoms with E-state index < -0.39 is 0 Å². The van der Waals surface area contributed by atoms with Crippen LogP contribution in [0.25, 0.3) is 10.9 Å². The Morgan fingerprint density at radius 3 is 2.76 bits per heavy atom. The first kappa shape index (κ1) is 11.3. The third kappa shape index (κ3) is 2.04. The van der Waals surface area contributed by atoms with Gasteiger partial charge in [-0.2, -0.15) is 5.26 Å². The number of benzene rings is 1. The number of aromatic nitrogens is 1. The van der Waals surface area contributed by atoms with E-state index in [0.29, 0.717) is 13.0 Å². The lowest BCUT2D eigenvalue weighted by Gasteiger charge is -2.09. The van der Waals surface area contributed by atoms with E-state index in [1.54, 1.807) is 14.2 Å². The normalized spacial score (nSPS) is 10.2. The lowest BCUT2D eigenvalue weighted by Crippen LogP contribution is -1.97. The number of ether oxygens (including phenoxy) is 2. The summed E-state index contributed by atoms with van der Waals surface area (Å²) in [6, 6.07) is 7.95. The van der Waals surface area contributed by atoms with E-state index in [1.165, 1.54) is 0 Å². The standard InChI is InChI=1S/C13H14N2O2/c1-16-11-8-10-4-7-15(6-3-5-14)13(10)12(9-11)17-2/h4,7-9H,3,6H2,1-2H3. The number of methoxy groups -OCH3 is 2. The van der Waals surface area contributed by atoms with Crippen molar-refractivity contribution in [1.29, 1.82) is 5.26 Å². The van der Waals surface area contributed by atoms with Crippen molar-refractivity contribution in [3.63, 3.8) is 0 Å². The number of hydrogen-bond donors (Lipinski definition) is 0. The van der Waals surface area contributed by atoms with E-state index in [1.807, 2.05) is 29.0 Å². The molecule has 2 rings (SSSR count). The van der Waals surface area contributed by atoms with Gasteiger partial charge in [-0.15, -0.1) is 0 Å². The lowest BCUT2D eigenvalue weighted by atomic mass is 10.2. The summed E-state index contributed by atoms with van der Waals surface area (Å²) < 4.78 is 12.6. The first-order valence-electron chi connectivity index (χ1n) is 5.38. The van der Waals surface area contributed by atoms with Crippen molar-refractivity contribution in [2.45, 2.75) is 13.0 Å². The van der Waals surface area contributed by atoms with E-state index in [4.69, 9.17) is 14.7 Å². The summed E-state index contributed by atoms with van der Waals surface area (Å²) in [7, 11) is 3.27. The van der Waals surface area contributed by atoms with Gasteiger partial charge in [0.15, 0.2) is 0 Å². The number of hydrogen-bond acceptors (Lipinski definition) is 3. The molecule has 0 radical (unpaired) electrons. The fourth-order valence-electron chi connectivity index (χ4n) is 1.91. The molecule has 88 valence electrons. The number of nitrogens with zero attached hydrogens (tertiary/aromatic N) is 2. The van der Waals surface area contributed by atoms with Gasteiger partial charge >= 0.3 is 0 Å². The highest BCUT2D eigenvalue weighted by Crippen LogP contribution is 2.31. The van der Waals surface area contributed by atoms with Crippen LogP contribution in [0, 0.1) is 11.3 Å². The molecule has 0 bridgehead atoms. The zero-order valence-electron chi connectivity index (χ0n) is 9.93. The molecule has 1 aromatic carbocycles. The van der Waals surface area contributed by atoms with Gasteiger partial charge in [-0.05, 0) is 12.1 Å². The van der Waals surface area contributed by atoms with Crippen LogP contribution >= 0.6 is 0 Å². The highest BCUT2D eigenvalue weighted by molar-refractivity contribution is 5.87. The molecule has 1 heterocycles. The zero-order valence-corrected chi connectivity index (χ0v) is 9.93. The van der Waals surface area contributed by atoms with Crippen molar-refractivity contribution < 1.29 is 9.47 Å². The lowest BCUT2D eigenvalue weighted by molar-refractivity contribution is 0.396. The summed E-state index contributed by atoms with van der Waals surface area (Å²) in [4.78, 5) is 0. The van der Waals surface area contributed by atoms with E-state index in [0.717, 1.165) is 22.4 Å². The summed E-state index contributed by atoms with van der Waals surface area (Å²) >= 11 is 0. The smallest absolute Gasteiger partial charge is 0.146 e. The maximum absolute atomic E-state index is 8.63. The van der Waals surface area contributed by atoms with Crippen LogP contribution in [0.3, 0.4) is 0 Å². The van der Waals surface area contributed by atoms with Crippen LogP contribution in [-0.4, -0.2) is 18.8 Å². The number of fused-ring (bicyclic) bond motifs is 1. The molecular formula is C13H14N2O2. The average molecular weight is 230 g/mol. The van der Waals surface area contributed by atoms with Crippen LogP contribution in [0.5, 0.6) is 11.5 Å². The molecule has 1 aromatic heterocycles. The van der Waals surface area contributed by atoms with Crippen molar-refractivity contribution in [3.8, 4) is 17.6 Å². The average Bonchev–Trinajstić information content (AvgIpc) is 2.78. The first-order valence-corrected chi connectivity index (χ1v) is 5.38. The molecule has 4 nitrogen and oxygen atoms in total. The molecule has 0 saturated heterocycles. The first-order chi connectivity index (χ1) is 8.30. The molecule has 2 aromatic rings. The predicted octanol–water partition coefficient (Wildman–Crippen LogP) is 2.57. The van der Waals surface area contributed by atoms with Gasteiger partial charge in [0.05, 0.1) is 32.2 Å². The Morgan fingerprint density at radius 1 is 1.29 bits per heavy atom. The van der Waals surface area contributed by atoms with Gasteiger partial charge < -0.3 is 14.0 Å². The van der Waals surface area contributed by atoms with Crippen LogP contribution in [0.15, 0.2) is 24.4 Å². The molecule has 0 aliphatic rings. The Kier molecular flexibility index (Phi) is 3.20. The summed E-state index contributed by atoms with van der Waals surface area (Å²) in [5.41, 5.74) is 1.00. The second-order valence-electron chi connectivity index (χ2n) is 3.68. The van der Waals surface area contributed by atoms with Crippen molar-refractivity contribution >= 4 is 10.9 Å². The molecule has 4 heteroatoms. The molecule has 0 aliphatic carbocycles. The zero-order chi connectivity index (χ0) is 12.3. The minimum Gasteiger partial charge on any atom is -0.497 e. The van der Waals surface area contributed by atoms with Crippen molar-refractivity contribution in [1.82, 2.24) is 4.57 Å². The SMILES string of the molecule is COc1cc(OC)c2c(ccn2CCC#N)c1. The van der Waals surface area contributed by atoms with Crippen molar-refractivity contribution in [3.05, 3.63) is 24.4 Å². The summed E-state index contributed by atoms with van der Waals surface area (Å²) in [5.74, 6) is 1.54. The van der Waals surface area contributed by atoms with Crippen LogP contribution in [0.4, 0.5) is 0 Å². The fourth-order valence-corrected chi connectivity index (χ4v) is 1.91. The number of nitriles is 1. The topological polar surface area (TPSA) is 47.2 Å². The summed E-state index contributed by atoms with van der Waals surface area (Å²) in [5, 5.41) is 9.69. The van der Waals surface area contributed by atoms with Crippen LogP contribution in [0.1, 0.15) is 6.42 Å².